The highest BCUT2D eigenvalue weighted by Crippen LogP contribution is 2.21. The van der Waals surface area contributed by atoms with E-state index in [1.54, 1.807) is 54.6 Å². The zero-order valence-corrected chi connectivity index (χ0v) is 16.3. The van der Waals surface area contributed by atoms with Crippen molar-refractivity contribution in [3.05, 3.63) is 71.8 Å². The topological polar surface area (TPSA) is 69.7 Å². The lowest BCUT2D eigenvalue weighted by Gasteiger charge is -2.24. The molecule has 0 saturated heterocycles. The van der Waals surface area contributed by atoms with E-state index >= 15 is 0 Å². The van der Waals surface area contributed by atoms with E-state index in [9.17, 15) is 14.4 Å². The fraction of sp³-hybridized carbons (Fsp3) is 0.348. The van der Waals surface area contributed by atoms with Crippen molar-refractivity contribution in [3.63, 3.8) is 0 Å². The zero-order chi connectivity index (χ0) is 20.4. The summed E-state index contributed by atoms with van der Waals surface area (Å²) >= 11 is 0. The molecule has 2 rings (SSSR count). The molecule has 2 atom stereocenters. The van der Waals surface area contributed by atoms with Crippen LogP contribution in [0.5, 0.6) is 0 Å². The number of carbonyl (C=O) groups excluding carboxylic acids is 3. The monoisotopic (exact) mass is 382 g/mol. The van der Waals surface area contributed by atoms with Crippen LogP contribution in [0.2, 0.25) is 0 Å². The summed E-state index contributed by atoms with van der Waals surface area (Å²) in [7, 11) is 0. The van der Waals surface area contributed by atoms with E-state index in [4.69, 9.17) is 9.47 Å². The summed E-state index contributed by atoms with van der Waals surface area (Å²) in [5.41, 5.74) is 0.815. The van der Waals surface area contributed by atoms with E-state index in [2.05, 4.69) is 0 Å². The van der Waals surface area contributed by atoms with Gasteiger partial charge in [0.25, 0.3) is 5.78 Å². The predicted molar refractivity (Wildman–Crippen MR) is 106 cm³/mol. The van der Waals surface area contributed by atoms with E-state index < -0.39 is 11.8 Å². The fourth-order valence-corrected chi connectivity index (χ4v) is 2.97. The van der Waals surface area contributed by atoms with Crippen LogP contribution in [-0.2, 0) is 14.3 Å². The van der Waals surface area contributed by atoms with Gasteiger partial charge in [0.1, 0.15) is 0 Å². The van der Waals surface area contributed by atoms with E-state index in [-0.39, 0.29) is 31.0 Å². The Bertz CT molecular complexity index is 770. The Hall–Kier alpha value is -2.95. The van der Waals surface area contributed by atoms with Crippen molar-refractivity contribution in [1.82, 2.24) is 0 Å². The van der Waals surface area contributed by atoms with Gasteiger partial charge in [0, 0.05) is 5.56 Å². The van der Waals surface area contributed by atoms with Gasteiger partial charge in [-0.25, -0.2) is 9.59 Å². The van der Waals surface area contributed by atoms with Crippen molar-refractivity contribution >= 4 is 17.7 Å². The Morgan fingerprint density at radius 3 is 1.68 bits per heavy atom. The molecular weight excluding hydrogens is 356 g/mol. The lowest BCUT2D eigenvalue weighted by molar-refractivity contribution is -0.140. The predicted octanol–water partition coefficient (Wildman–Crippen LogP) is 4.32. The molecular formula is C23H26O5. The molecule has 0 aliphatic rings. The third-order valence-corrected chi connectivity index (χ3v) is 4.80. The highest BCUT2D eigenvalue weighted by Gasteiger charge is 2.24. The van der Waals surface area contributed by atoms with Crippen LogP contribution in [0.3, 0.4) is 0 Å². The second kappa shape index (κ2) is 11.0. The second-order valence-corrected chi connectivity index (χ2v) is 6.59. The molecule has 28 heavy (non-hydrogen) atoms. The largest absolute Gasteiger partial charge is 0.462 e. The maximum absolute atomic E-state index is 12.1. The normalized spacial score (nSPS) is 12.6. The SMILES string of the molecule is CCC(COC(=O)C(=O)c1ccccc1)C(CC)COC(=O)c1ccccc1. The molecule has 0 bridgehead atoms. The quantitative estimate of drug-likeness (QED) is 0.348. The van der Waals surface area contributed by atoms with Gasteiger partial charge < -0.3 is 9.47 Å². The van der Waals surface area contributed by atoms with Gasteiger partial charge >= 0.3 is 11.9 Å². The minimum absolute atomic E-state index is 0.00102. The maximum atomic E-state index is 12.1. The van der Waals surface area contributed by atoms with Crippen molar-refractivity contribution in [2.45, 2.75) is 26.7 Å². The van der Waals surface area contributed by atoms with Crippen LogP contribution < -0.4 is 0 Å². The average Bonchev–Trinajstić information content (AvgIpc) is 2.76. The number of ether oxygens (including phenoxy) is 2. The number of hydrogen-bond donors (Lipinski definition) is 0. The standard InChI is InChI=1S/C23H26O5/c1-3-17(15-27-22(25)20-13-9-6-10-14-20)18(4-2)16-28-23(26)21(24)19-11-7-5-8-12-19/h5-14,17-18H,3-4,15-16H2,1-2H3. The van der Waals surface area contributed by atoms with E-state index in [1.165, 1.54) is 0 Å². The first-order valence-corrected chi connectivity index (χ1v) is 9.55. The third-order valence-electron chi connectivity index (χ3n) is 4.80. The number of hydrogen-bond acceptors (Lipinski definition) is 5. The molecule has 2 unspecified atom stereocenters. The molecule has 148 valence electrons. The molecule has 2 aromatic carbocycles. The molecule has 5 heteroatoms. The minimum Gasteiger partial charge on any atom is -0.462 e. The van der Waals surface area contributed by atoms with Crippen LogP contribution in [0.1, 0.15) is 47.4 Å². The lowest BCUT2D eigenvalue weighted by Crippen LogP contribution is -2.28. The smallest absolute Gasteiger partial charge is 0.379 e. The lowest BCUT2D eigenvalue weighted by atomic mass is 9.89. The first-order valence-electron chi connectivity index (χ1n) is 9.55. The van der Waals surface area contributed by atoms with Crippen LogP contribution in [0, 0.1) is 11.8 Å². The number of rotatable bonds is 10. The Labute approximate surface area is 165 Å². The van der Waals surface area contributed by atoms with Crippen LogP contribution in [0.4, 0.5) is 0 Å². The van der Waals surface area contributed by atoms with Gasteiger partial charge in [-0.2, -0.15) is 0 Å². The van der Waals surface area contributed by atoms with Crippen LogP contribution >= 0.6 is 0 Å². The molecule has 0 aliphatic carbocycles. The van der Waals surface area contributed by atoms with E-state index in [0.29, 0.717) is 11.1 Å². The Kier molecular flexibility index (Phi) is 8.40. The summed E-state index contributed by atoms with van der Waals surface area (Å²) in [6.07, 6.45) is 1.51. The van der Waals surface area contributed by atoms with E-state index in [0.717, 1.165) is 12.8 Å². The molecule has 0 radical (unpaired) electrons. The molecule has 0 aliphatic heterocycles. The van der Waals surface area contributed by atoms with Gasteiger partial charge in [-0.1, -0.05) is 62.4 Å². The Balaban J connectivity index is 1.88. The number of carbonyl (C=O) groups is 3. The Morgan fingerprint density at radius 1 is 0.714 bits per heavy atom. The minimum atomic E-state index is -0.860. The molecule has 0 aromatic heterocycles. The van der Waals surface area contributed by atoms with Gasteiger partial charge in [0.2, 0.25) is 0 Å². The van der Waals surface area contributed by atoms with Crippen molar-refractivity contribution in [2.75, 3.05) is 13.2 Å². The molecule has 2 aromatic rings. The number of Topliss-reactive ketones (excluding diaryl/α,β-unsaturated/α-hetero) is 1. The van der Waals surface area contributed by atoms with Crippen molar-refractivity contribution in [2.24, 2.45) is 11.8 Å². The summed E-state index contributed by atoms with van der Waals surface area (Å²) in [4.78, 5) is 36.3. The molecule has 0 saturated carbocycles. The maximum Gasteiger partial charge on any atom is 0.379 e. The summed E-state index contributed by atoms with van der Waals surface area (Å²) in [5.74, 6) is -1.84. The summed E-state index contributed by atoms with van der Waals surface area (Å²) < 4.78 is 10.7. The first-order chi connectivity index (χ1) is 13.6. The van der Waals surface area contributed by atoms with Crippen LogP contribution in [0.15, 0.2) is 60.7 Å². The highest BCUT2D eigenvalue weighted by molar-refractivity contribution is 6.40. The van der Waals surface area contributed by atoms with Crippen molar-refractivity contribution in [1.29, 1.82) is 0 Å². The van der Waals surface area contributed by atoms with Crippen molar-refractivity contribution < 1.29 is 23.9 Å². The molecule has 0 amide bonds. The highest BCUT2D eigenvalue weighted by atomic mass is 16.5. The molecule has 0 spiro atoms. The zero-order valence-electron chi connectivity index (χ0n) is 16.3. The van der Waals surface area contributed by atoms with Gasteiger partial charge in [0.05, 0.1) is 18.8 Å². The van der Waals surface area contributed by atoms with E-state index in [1.807, 2.05) is 19.9 Å². The first kappa shape index (κ1) is 21.4. The number of esters is 2. The fourth-order valence-electron chi connectivity index (χ4n) is 2.97. The summed E-state index contributed by atoms with van der Waals surface area (Å²) in [6.45, 7) is 4.35. The second-order valence-electron chi connectivity index (χ2n) is 6.59. The molecule has 0 fully saturated rings. The van der Waals surface area contributed by atoms with Gasteiger partial charge in [-0.15, -0.1) is 0 Å². The Morgan fingerprint density at radius 2 is 1.18 bits per heavy atom. The number of benzene rings is 2. The average molecular weight is 382 g/mol. The van der Waals surface area contributed by atoms with Gasteiger partial charge in [-0.3, -0.25) is 4.79 Å². The van der Waals surface area contributed by atoms with Crippen LogP contribution in [-0.4, -0.2) is 30.9 Å². The number of ketones is 1. The third kappa shape index (κ3) is 6.05. The van der Waals surface area contributed by atoms with Crippen LogP contribution in [0.25, 0.3) is 0 Å². The molecule has 0 heterocycles. The molecule has 5 nitrogen and oxygen atoms in total. The van der Waals surface area contributed by atoms with Gasteiger partial charge in [0.15, 0.2) is 0 Å². The van der Waals surface area contributed by atoms with Crippen molar-refractivity contribution in [3.8, 4) is 0 Å². The van der Waals surface area contributed by atoms with Gasteiger partial charge in [-0.05, 0) is 36.8 Å². The molecule has 0 N–H and O–H groups in total. The summed E-state index contributed by atoms with van der Waals surface area (Å²) in [6, 6.07) is 17.2. The summed E-state index contributed by atoms with van der Waals surface area (Å²) in [5, 5.41) is 0.